The zero-order chi connectivity index (χ0) is 23.0. The number of carboxylic acid groups (broad SMARTS) is 1. The summed E-state index contributed by atoms with van der Waals surface area (Å²) in [6.07, 6.45) is 5.86. The zero-order valence-corrected chi connectivity index (χ0v) is 18.5. The fraction of sp³-hybridized carbons (Fsp3) is 0.833. The number of unbranched alkanes of at least 4 members (excludes halogenated alkanes) is 6. The lowest BCUT2D eigenvalue weighted by atomic mass is 10.1. The van der Waals surface area contributed by atoms with E-state index in [2.05, 4.69) is 26.0 Å². The van der Waals surface area contributed by atoms with Crippen molar-refractivity contribution in [2.45, 2.75) is 77.4 Å². The van der Waals surface area contributed by atoms with Crippen molar-refractivity contribution in [2.24, 2.45) is 0 Å². The molecule has 3 atom stereocenters. The van der Waals surface area contributed by atoms with Crippen molar-refractivity contribution in [1.29, 1.82) is 0 Å². The Kier molecular flexibility index (Phi) is 15.4. The molecule has 0 fully saturated rings. The summed E-state index contributed by atoms with van der Waals surface area (Å²) >= 11 is 0. The Balaban J connectivity index is 4.22. The fourth-order valence-electron chi connectivity index (χ4n) is 2.33. The molecule has 0 bridgehead atoms. The van der Waals surface area contributed by atoms with Crippen molar-refractivity contribution in [2.75, 3.05) is 19.8 Å². The second-order valence-electron chi connectivity index (χ2n) is 6.85. The second-order valence-corrected chi connectivity index (χ2v) is 8.30. The molecule has 0 aromatic heterocycles. The lowest BCUT2D eigenvalue weighted by molar-refractivity contribution is -0.144. The molecule has 12 heteroatoms. The molecule has 3 unspecified atom stereocenters. The van der Waals surface area contributed by atoms with Crippen LogP contribution in [-0.4, -0.2) is 64.9 Å². The summed E-state index contributed by atoms with van der Waals surface area (Å²) in [5.74, 6) is -2.57. The zero-order valence-electron chi connectivity index (χ0n) is 17.6. The van der Waals surface area contributed by atoms with Gasteiger partial charge in [-0.25, -0.2) is 9.36 Å². The summed E-state index contributed by atoms with van der Waals surface area (Å²) in [4.78, 5) is 43.3. The van der Waals surface area contributed by atoms with Crippen molar-refractivity contribution in [3.05, 3.63) is 0 Å². The smallest absolute Gasteiger partial charge is 0.472 e. The van der Waals surface area contributed by atoms with Gasteiger partial charge < -0.3 is 25.2 Å². The minimum atomic E-state index is -4.69. The normalized spacial score (nSPS) is 15.1. The van der Waals surface area contributed by atoms with E-state index in [1.165, 1.54) is 6.42 Å². The second kappa shape index (κ2) is 16.2. The Morgan fingerprint density at radius 2 is 1.53 bits per heavy atom. The monoisotopic (exact) mass is 455 g/mol. The number of nitrogens with one attached hydrogen (secondary N) is 1. The van der Waals surface area contributed by atoms with Gasteiger partial charge in [-0.2, -0.15) is 0 Å². The Morgan fingerprint density at radius 3 is 2.10 bits per heavy atom. The molecule has 0 aliphatic rings. The van der Waals surface area contributed by atoms with Crippen LogP contribution >= 0.6 is 7.82 Å². The summed E-state index contributed by atoms with van der Waals surface area (Å²) < 4.78 is 25.4. The maximum absolute atomic E-state index is 11.9. The summed E-state index contributed by atoms with van der Waals surface area (Å²) in [6.45, 7) is 1.34. The SMILES string of the molecule is CCCCCCCCCC(=O)NC(COP(=O)(O)OCC(O)COC(C)=O)C(=O)O. The number of aliphatic carboxylic acids is 1. The first-order valence-electron chi connectivity index (χ1n) is 10.0. The molecule has 30 heavy (non-hydrogen) atoms. The number of esters is 1. The van der Waals surface area contributed by atoms with E-state index in [1.54, 1.807) is 0 Å². The number of phosphoric ester groups is 1. The molecule has 0 heterocycles. The Hall–Kier alpha value is -1.52. The van der Waals surface area contributed by atoms with E-state index in [0.717, 1.165) is 39.0 Å². The molecular formula is C18H34NO10P. The van der Waals surface area contributed by atoms with Crippen molar-refractivity contribution in [1.82, 2.24) is 5.32 Å². The quantitative estimate of drug-likeness (QED) is 0.136. The van der Waals surface area contributed by atoms with Gasteiger partial charge in [0.25, 0.3) is 0 Å². The molecule has 0 rings (SSSR count). The maximum Gasteiger partial charge on any atom is 0.472 e. The van der Waals surface area contributed by atoms with Crippen LogP contribution in [-0.2, 0) is 32.7 Å². The number of amides is 1. The fourth-order valence-corrected chi connectivity index (χ4v) is 3.10. The Bertz CT molecular complexity index is 571. The predicted octanol–water partition coefficient (Wildman–Crippen LogP) is 1.75. The lowest BCUT2D eigenvalue weighted by Gasteiger charge is -2.18. The molecule has 0 aliphatic carbocycles. The molecule has 0 aromatic carbocycles. The van der Waals surface area contributed by atoms with Crippen LogP contribution < -0.4 is 5.32 Å². The number of rotatable bonds is 18. The highest BCUT2D eigenvalue weighted by Crippen LogP contribution is 2.43. The van der Waals surface area contributed by atoms with Gasteiger partial charge in [0.05, 0.1) is 13.2 Å². The van der Waals surface area contributed by atoms with Crippen LogP contribution in [0, 0.1) is 0 Å². The van der Waals surface area contributed by atoms with E-state index in [4.69, 9.17) is 5.11 Å². The number of hydrogen-bond acceptors (Lipinski definition) is 8. The minimum Gasteiger partial charge on any atom is -0.480 e. The average Bonchev–Trinajstić information content (AvgIpc) is 2.67. The summed E-state index contributed by atoms with van der Waals surface area (Å²) in [5, 5.41) is 20.9. The molecule has 0 saturated heterocycles. The summed E-state index contributed by atoms with van der Waals surface area (Å²) in [6, 6.07) is -1.53. The highest BCUT2D eigenvalue weighted by molar-refractivity contribution is 7.47. The molecule has 0 aromatic rings. The van der Waals surface area contributed by atoms with Gasteiger partial charge in [-0.05, 0) is 6.42 Å². The largest absolute Gasteiger partial charge is 0.480 e. The third-order valence-electron chi connectivity index (χ3n) is 3.95. The molecule has 1 amide bonds. The molecule has 0 saturated carbocycles. The highest BCUT2D eigenvalue weighted by Gasteiger charge is 2.28. The third kappa shape index (κ3) is 16.3. The molecule has 0 radical (unpaired) electrons. The van der Waals surface area contributed by atoms with Gasteiger partial charge in [0.1, 0.15) is 12.7 Å². The van der Waals surface area contributed by atoms with Crippen LogP contribution in [0.5, 0.6) is 0 Å². The summed E-state index contributed by atoms with van der Waals surface area (Å²) in [7, 11) is -4.69. The third-order valence-corrected chi connectivity index (χ3v) is 4.90. The lowest BCUT2D eigenvalue weighted by Crippen LogP contribution is -2.43. The molecule has 0 aliphatic heterocycles. The highest BCUT2D eigenvalue weighted by atomic mass is 31.2. The first-order chi connectivity index (χ1) is 14.1. The van der Waals surface area contributed by atoms with Gasteiger partial charge in [-0.15, -0.1) is 0 Å². The van der Waals surface area contributed by atoms with Crippen molar-refractivity contribution in [3.8, 4) is 0 Å². The topological polar surface area (TPSA) is 169 Å². The Morgan fingerprint density at radius 1 is 0.967 bits per heavy atom. The van der Waals surface area contributed by atoms with E-state index in [-0.39, 0.29) is 6.42 Å². The van der Waals surface area contributed by atoms with Crippen LogP contribution in [0.2, 0.25) is 0 Å². The number of ether oxygens (including phenoxy) is 1. The summed E-state index contributed by atoms with van der Waals surface area (Å²) in [5.41, 5.74) is 0. The van der Waals surface area contributed by atoms with Gasteiger partial charge >= 0.3 is 19.8 Å². The standard InChI is InChI=1S/C18H34NO10P/c1-3-4-5-6-7-8-9-10-17(22)19-16(18(23)24)13-29-30(25,26)28-12-15(21)11-27-14(2)20/h15-16,21H,3-13H2,1-2H3,(H,19,22)(H,23,24)(H,25,26). The van der Waals surface area contributed by atoms with Crippen molar-refractivity contribution in [3.63, 3.8) is 0 Å². The number of aliphatic hydroxyl groups is 1. The predicted molar refractivity (Wildman–Crippen MR) is 107 cm³/mol. The van der Waals surface area contributed by atoms with Crippen LogP contribution in [0.15, 0.2) is 0 Å². The van der Waals surface area contributed by atoms with E-state index >= 15 is 0 Å². The molecule has 11 nitrogen and oxygen atoms in total. The van der Waals surface area contributed by atoms with Crippen molar-refractivity contribution < 1.29 is 47.8 Å². The van der Waals surface area contributed by atoms with Gasteiger partial charge in [0.15, 0.2) is 6.04 Å². The minimum absolute atomic E-state index is 0.146. The number of carbonyl (C=O) groups excluding carboxylic acids is 2. The molecule has 4 N–H and O–H groups in total. The number of phosphoric acid groups is 1. The average molecular weight is 455 g/mol. The van der Waals surface area contributed by atoms with Crippen molar-refractivity contribution >= 4 is 25.7 Å². The van der Waals surface area contributed by atoms with Gasteiger partial charge in [-0.1, -0.05) is 45.4 Å². The number of carbonyl (C=O) groups is 3. The van der Waals surface area contributed by atoms with Crippen LogP contribution in [0.4, 0.5) is 0 Å². The van der Waals surface area contributed by atoms with E-state index < -0.39 is 57.6 Å². The van der Waals surface area contributed by atoms with Crippen LogP contribution in [0.3, 0.4) is 0 Å². The van der Waals surface area contributed by atoms with Crippen LogP contribution in [0.25, 0.3) is 0 Å². The van der Waals surface area contributed by atoms with Gasteiger partial charge in [-0.3, -0.25) is 18.6 Å². The van der Waals surface area contributed by atoms with E-state index in [0.29, 0.717) is 6.42 Å². The van der Waals surface area contributed by atoms with E-state index in [9.17, 15) is 28.9 Å². The number of aliphatic hydroxyl groups excluding tert-OH is 1. The maximum atomic E-state index is 11.9. The Labute approximate surface area is 176 Å². The molecule has 0 spiro atoms. The first-order valence-corrected chi connectivity index (χ1v) is 11.5. The van der Waals surface area contributed by atoms with E-state index in [1.807, 2.05) is 0 Å². The number of carboxylic acids is 1. The van der Waals surface area contributed by atoms with Gasteiger partial charge in [0, 0.05) is 13.3 Å². The van der Waals surface area contributed by atoms with Crippen LogP contribution in [0.1, 0.15) is 65.2 Å². The molecular weight excluding hydrogens is 421 g/mol. The molecule has 176 valence electrons. The first kappa shape index (κ1) is 28.5. The van der Waals surface area contributed by atoms with Gasteiger partial charge in [0.2, 0.25) is 5.91 Å². The number of hydrogen-bond donors (Lipinski definition) is 4.